The zero-order valence-electron chi connectivity index (χ0n) is 13.0. The molecule has 0 amide bonds. The van der Waals surface area contributed by atoms with Gasteiger partial charge in [-0.05, 0) is 26.7 Å². The Hall–Kier alpha value is -1.99. The molecule has 0 N–H and O–H groups in total. The van der Waals surface area contributed by atoms with Crippen molar-refractivity contribution >= 4 is 15.8 Å². The molecule has 0 radical (unpaired) electrons. The molecule has 0 bridgehead atoms. The van der Waals surface area contributed by atoms with Crippen LogP contribution in [0, 0.1) is 13.8 Å². The van der Waals surface area contributed by atoms with Crippen LogP contribution in [-0.4, -0.2) is 36.2 Å². The maximum atomic E-state index is 13.0. The van der Waals surface area contributed by atoms with Gasteiger partial charge in [-0.2, -0.15) is 4.31 Å². The number of ketones is 1. The van der Waals surface area contributed by atoms with E-state index in [2.05, 4.69) is 5.16 Å². The average Bonchev–Trinajstić information content (AvgIpc) is 3.15. The normalized spacial score (nSPS) is 19.1. The second-order valence-electron chi connectivity index (χ2n) is 5.66. The molecule has 1 aromatic carbocycles. The van der Waals surface area contributed by atoms with E-state index < -0.39 is 16.1 Å². The van der Waals surface area contributed by atoms with Crippen LogP contribution >= 0.6 is 0 Å². The van der Waals surface area contributed by atoms with Gasteiger partial charge < -0.3 is 4.52 Å². The van der Waals surface area contributed by atoms with Crippen molar-refractivity contribution in [2.45, 2.75) is 37.6 Å². The molecule has 1 aliphatic rings. The quantitative estimate of drug-likeness (QED) is 0.802. The molecule has 2 aromatic rings. The third-order valence-corrected chi connectivity index (χ3v) is 6.25. The van der Waals surface area contributed by atoms with Crippen molar-refractivity contribution in [1.29, 1.82) is 0 Å². The third kappa shape index (κ3) is 2.70. The molecule has 1 aliphatic heterocycles. The van der Waals surface area contributed by atoms with Crippen molar-refractivity contribution in [1.82, 2.24) is 9.46 Å². The summed E-state index contributed by atoms with van der Waals surface area (Å²) in [4.78, 5) is 12.8. The summed E-state index contributed by atoms with van der Waals surface area (Å²) in [7, 11) is -3.80. The summed E-state index contributed by atoms with van der Waals surface area (Å²) in [5.74, 6) is 0.0822. The second-order valence-corrected chi connectivity index (χ2v) is 7.48. The fraction of sp³-hybridized carbons (Fsp3) is 0.375. The van der Waals surface area contributed by atoms with E-state index in [4.69, 9.17) is 4.52 Å². The first-order chi connectivity index (χ1) is 10.9. The van der Waals surface area contributed by atoms with E-state index in [0.717, 1.165) is 0 Å². The molecular formula is C16H18N2O4S. The van der Waals surface area contributed by atoms with Crippen LogP contribution < -0.4 is 0 Å². The zero-order valence-corrected chi connectivity index (χ0v) is 13.8. The van der Waals surface area contributed by atoms with E-state index in [0.29, 0.717) is 30.6 Å². The summed E-state index contributed by atoms with van der Waals surface area (Å²) in [6, 6.07) is 8.12. The Bertz CT molecular complexity index is 808. The Kier molecular flexibility index (Phi) is 4.08. The number of hydrogen-bond donors (Lipinski definition) is 0. The van der Waals surface area contributed by atoms with Crippen LogP contribution in [0.15, 0.2) is 39.8 Å². The van der Waals surface area contributed by atoms with Crippen LogP contribution in [0.2, 0.25) is 0 Å². The zero-order chi connectivity index (χ0) is 16.6. The number of carbonyl (C=O) groups is 1. The largest absolute Gasteiger partial charge is 0.360 e. The molecule has 7 heteroatoms. The van der Waals surface area contributed by atoms with Gasteiger partial charge in [0.1, 0.15) is 10.6 Å². The van der Waals surface area contributed by atoms with E-state index in [1.54, 1.807) is 38.1 Å². The van der Waals surface area contributed by atoms with Crippen LogP contribution in [0.3, 0.4) is 0 Å². The molecule has 2 heterocycles. The monoisotopic (exact) mass is 334 g/mol. The van der Waals surface area contributed by atoms with Gasteiger partial charge in [0.15, 0.2) is 11.5 Å². The lowest BCUT2D eigenvalue weighted by Crippen LogP contribution is -2.40. The highest BCUT2D eigenvalue weighted by molar-refractivity contribution is 7.89. The first kappa shape index (κ1) is 15.9. The number of sulfonamides is 1. The fourth-order valence-corrected chi connectivity index (χ4v) is 5.00. The number of benzene rings is 1. The maximum absolute atomic E-state index is 13.0. The van der Waals surface area contributed by atoms with Crippen molar-refractivity contribution in [3.63, 3.8) is 0 Å². The molecule has 1 aromatic heterocycles. The molecule has 1 atom stereocenters. The molecule has 1 saturated heterocycles. The lowest BCUT2D eigenvalue weighted by Gasteiger charge is -2.23. The molecular weight excluding hydrogens is 316 g/mol. The third-order valence-electron chi connectivity index (χ3n) is 4.10. The summed E-state index contributed by atoms with van der Waals surface area (Å²) in [5.41, 5.74) is 0.846. The Morgan fingerprint density at radius 3 is 2.57 bits per heavy atom. The minimum atomic E-state index is -3.80. The second kappa shape index (κ2) is 5.90. The highest BCUT2D eigenvalue weighted by atomic mass is 32.2. The molecule has 1 unspecified atom stereocenters. The summed E-state index contributed by atoms with van der Waals surface area (Å²) in [6.45, 7) is 3.49. The molecule has 1 fully saturated rings. The van der Waals surface area contributed by atoms with Crippen molar-refractivity contribution in [3.05, 3.63) is 47.3 Å². The summed E-state index contributed by atoms with van der Waals surface area (Å²) < 4.78 is 32.2. The lowest BCUT2D eigenvalue weighted by atomic mass is 10.0. The summed E-state index contributed by atoms with van der Waals surface area (Å²) in [6.07, 6.45) is 1.18. The molecule has 0 aliphatic carbocycles. The fourth-order valence-electron chi connectivity index (χ4n) is 3.04. The van der Waals surface area contributed by atoms with Crippen LogP contribution in [0.1, 0.15) is 34.7 Å². The van der Waals surface area contributed by atoms with Gasteiger partial charge in [-0.25, -0.2) is 8.42 Å². The number of Topliss-reactive ketones (excluding diaryl/α,β-unsaturated/α-hetero) is 1. The number of hydrogen-bond acceptors (Lipinski definition) is 5. The van der Waals surface area contributed by atoms with Gasteiger partial charge in [-0.3, -0.25) is 4.79 Å². The van der Waals surface area contributed by atoms with Crippen molar-refractivity contribution in [3.8, 4) is 0 Å². The Morgan fingerprint density at radius 1 is 1.26 bits per heavy atom. The van der Waals surface area contributed by atoms with Gasteiger partial charge in [0, 0.05) is 12.1 Å². The van der Waals surface area contributed by atoms with E-state index in [1.165, 1.54) is 4.31 Å². The van der Waals surface area contributed by atoms with E-state index in [1.807, 2.05) is 6.07 Å². The van der Waals surface area contributed by atoms with Crippen molar-refractivity contribution in [2.75, 3.05) is 6.54 Å². The smallest absolute Gasteiger partial charge is 0.249 e. The van der Waals surface area contributed by atoms with E-state index >= 15 is 0 Å². The standard InChI is InChI=1S/C16H18N2O4S/c1-11-16(12(2)22-17-11)23(20,21)18-10-6-9-14(18)15(19)13-7-4-3-5-8-13/h3-5,7-8,14H,6,9-10H2,1-2H3. The summed E-state index contributed by atoms with van der Waals surface area (Å²) >= 11 is 0. The predicted molar refractivity (Wildman–Crippen MR) is 83.7 cm³/mol. The van der Waals surface area contributed by atoms with Gasteiger partial charge in [0.2, 0.25) is 10.0 Å². The van der Waals surface area contributed by atoms with Gasteiger partial charge in [0.25, 0.3) is 0 Å². The van der Waals surface area contributed by atoms with E-state index in [-0.39, 0.29) is 16.4 Å². The highest BCUT2D eigenvalue weighted by Crippen LogP contribution is 2.31. The topological polar surface area (TPSA) is 80.5 Å². The average molecular weight is 334 g/mol. The Balaban J connectivity index is 1.98. The number of aryl methyl sites for hydroxylation is 2. The SMILES string of the molecule is Cc1noc(C)c1S(=O)(=O)N1CCCC1C(=O)c1ccccc1. The minimum absolute atomic E-state index is 0.0743. The highest BCUT2D eigenvalue weighted by Gasteiger charge is 2.41. The van der Waals surface area contributed by atoms with Crippen LogP contribution in [0.4, 0.5) is 0 Å². The van der Waals surface area contributed by atoms with Gasteiger partial charge in [-0.1, -0.05) is 35.5 Å². The predicted octanol–water partition coefficient (Wildman–Crippen LogP) is 2.33. The van der Waals surface area contributed by atoms with E-state index in [9.17, 15) is 13.2 Å². The van der Waals surface area contributed by atoms with Crippen LogP contribution in [0.25, 0.3) is 0 Å². The maximum Gasteiger partial charge on any atom is 0.249 e. The molecule has 0 saturated carbocycles. The number of aromatic nitrogens is 1. The molecule has 122 valence electrons. The van der Waals surface area contributed by atoms with Gasteiger partial charge >= 0.3 is 0 Å². The Morgan fingerprint density at radius 2 is 1.96 bits per heavy atom. The van der Waals surface area contributed by atoms with Crippen molar-refractivity contribution < 1.29 is 17.7 Å². The Labute approximate surface area is 135 Å². The first-order valence-electron chi connectivity index (χ1n) is 7.47. The first-order valence-corrected chi connectivity index (χ1v) is 8.91. The van der Waals surface area contributed by atoms with Crippen LogP contribution in [0.5, 0.6) is 0 Å². The molecule has 6 nitrogen and oxygen atoms in total. The number of rotatable bonds is 4. The van der Waals surface area contributed by atoms with Crippen molar-refractivity contribution in [2.24, 2.45) is 0 Å². The van der Waals surface area contributed by atoms with Gasteiger partial charge in [-0.15, -0.1) is 0 Å². The summed E-state index contributed by atoms with van der Waals surface area (Å²) in [5, 5.41) is 3.72. The molecule has 0 spiro atoms. The van der Waals surface area contributed by atoms with Crippen LogP contribution in [-0.2, 0) is 10.0 Å². The lowest BCUT2D eigenvalue weighted by molar-refractivity contribution is 0.0918. The molecule has 3 rings (SSSR count). The number of carbonyl (C=O) groups excluding carboxylic acids is 1. The number of nitrogens with zero attached hydrogens (tertiary/aromatic N) is 2. The molecule has 23 heavy (non-hydrogen) atoms. The van der Waals surface area contributed by atoms with Gasteiger partial charge in [0.05, 0.1) is 6.04 Å². The minimum Gasteiger partial charge on any atom is -0.360 e.